The summed E-state index contributed by atoms with van der Waals surface area (Å²) >= 11 is 0. The lowest BCUT2D eigenvalue weighted by molar-refractivity contribution is 0.267. The highest BCUT2D eigenvalue weighted by Crippen LogP contribution is 2.42. The summed E-state index contributed by atoms with van der Waals surface area (Å²) in [6.45, 7) is 5.39. The first-order chi connectivity index (χ1) is 10.1. The summed E-state index contributed by atoms with van der Waals surface area (Å²) in [6.07, 6.45) is 5.74. The summed E-state index contributed by atoms with van der Waals surface area (Å²) in [6, 6.07) is 7.59. The molecular weight excluding hydrogens is 262 g/mol. The fourth-order valence-electron chi connectivity index (χ4n) is 2.94. The molecule has 1 aromatic rings. The molecule has 1 N–H and O–H groups in total. The second-order valence-electron chi connectivity index (χ2n) is 6.23. The number of amidine groups is 1. The Balaban J connectivity index is 2.14. The third-order valence-corrected chi connectivity index (χ3v) is 4.49. The van der Waals surface area contributed by atoms with E-state index in [-0.39, 0.29) is 0 Å². The molecule has 0 radical (unpaired) electrons. The zero-order valence-corrected chi connectivity index (χ0v) is 13.0. The number of hydrogen-bond acceptors (Lipinski definition) is 3. The number of ether oxygens (including phenoxy) is 1. The molecule has 0 aliphatic heterocycles. The molecule has 1 aliphatic carbocycles. The quantitative estimate of drug-likeness (QED) is 0.399. The Kier molecular flexibility index (Phi) is 4.85. The second kappa shape index (κ2) is 6.62. The minimum Gasteiger partial charge on any atom is -0.497 e. The van der Waals surface area contributed by atoms with Crippen molar-refractivity contribution in [1.29, 1.82) is 5.26 Å². The van der Waals surface area contributed by atoms with E-state index in [1.165, 1.54) is 19.3 Å². The van der Waals surface area contributed by atoms with Gasteiger partial charge in [-0.2, -0.15) is 5.26 Å². The van der Waals surface area contributed by atoms with Crippen molar-refractivity contribution in [2.45, 2.75) is 33.1 Å². The Bertz CT molecular complexity index is 540. The number of rotatable bonds is 4. The van der Waals surface area contributed by atoms with Crippen LogP contribution in [0.1, 0.15) is 38.7 Å². The largest absolute Gasteiger partial charge is 0.497 e. The average Bonchev–Trinajstić information content (AvgIpc) is 2.82. The van der Waals surface area contributed by atoms with Crippen LogP contribution in [0.5, 0.6) is 5.75 Å². The molecule has 0 spiro atoms. The topological polar surface area (TPSA) is 57.4 Å². The van der Waals surface area contributed by atoms with E-state index < -0.39 is 0 Å². The van der Waals surface area contributed by atoms with Gasteiger partial charge in [0.2, 0.25) is 0 Å². The van der Waals surface area contributed by atoms with Crippen LogP contribution >= 0.6 is 0 Å². The zero-order chi connectivity index (χ0) is 15.3. The Labute approximate surface area is 126 Å². The maximum absolute atomic E-state index is 8.93. The highest BCUT2D eigenvalue weighted by molar-refractivity contribution is 5.99. The van der Waals surface area contributed by atoms with E-state index in [9.17, 15) is 0 Å². The molecular formula is C17H23N3O. The number of methoxy groups -OCH3 is 1. The molecule has 21 heavy (non-hydrogen) atoms. The first kappa shape index (κ1) is 15.4. The molecule has 0 bridgehead atoms. The van der Waals surface area contributed by atoms with Gasteiger partial charge in [0.15, 0.2) is 6.19 Å². The van der Waals surface area contributed by atoms with Crippen LogP contribution in [0.4, 0.5) is 0 Å². The molecule has 0 heterocycles. The normalized spacial score (nSPS) is 20.9. The van der Waals surface area contributed by atoms with E-state index in [1.54, 1.807) is 7.11 Å². The molecule has 1 aliphatic rings. The Morgan fingerprint density at radius 3 is 2.67 bits per heavy atom. The molecule has 1 saturated carbocycles. The number of benzene rings is 1. The van der Waals surface area contributed by atoms with Crippen LogP contribution in [0, 0.1) is 22.8 Å². The first-order valence-electron chi connectivity index (χ1n) is 7.41. The monoisotopic (exact) mass is 285 g/mol. The third-order valence-electron chi connectivity index (χ3n) is 4.49. The molecule has 4 heteroatoms. The van der Waals surface area contributed by atoms with Crippen LogP contribution < -0.4 is 10.1 Å². The van der Waals surface area contributed by atoms with Gasteiger partial charge in [0.1, 0.15) is 11.6 Å². The van der Waals surface area contributed by atoms with E-state index in [0.717, 1.165) is 17.9 Å². The number of nitriles is 1. The fraction of sp³-hybridized carbons (Fsp3) is 0.529. The predicted molar refractivity (Wildman–Crippen MR) is 84.3 cm³/mol. The molecule has 112 valence electrons. The van der Waals surface area contributed by atoms with Crippen LogP contribution in [0.25, 0.3) is 0 Å². The molecule has 0 saturated heterocycles. The minimum atomic E-state index is 0.348. The van der Waals surface area contributed by atoms with Crippen molar-refractivity contribution >= 4 is 5.84 Å². The third kappa shape index (κ3) is 3.75. The van der Waals surface area contributed by atoms with Gasteiger partial charge in [-0.25, -0.2) is 0 Å². The second-order valence-corrected chi connectivity index (χ2v) is 6.23. The van der Waals surface area contributed by atoms with Crippen LogP contribution in [0.15, 0.2) is 29.3 Å². The van der Waals surface area contributed by atoms with Crippen LogP contribution in [0.3, 0.4) is 0 Å². The van der Waals surface area contributed by atoms with Crippen molar-refractivity contribution in [3.05, 3.63) is 29.8 Å². The standard InChI is InChI=1S/C17H23N3O/c1-17(2)10-4-5-14(17)11-19-16(20-12-18)13-6-8-15(21-3)9-7-13/h6-9,14H,4-5,10-11H2,1-3H3,(H,19,20). The van der Waals surface area contributed by atoms with Gasteiger partial charge in [-0.15, -0.1) is 0 Å². The Morgan fingerprint density at radius 1 is 1.43 bits per heavy atom. The lowest BCUT2D eigenvalue weighted by Gasteiger charge is -2.25. The predicted octanol–water partition coefficient (Wildman–Crippen LogP) is 3.34. The van der Waals surface area contributed by atoms with Crippen molar-refractivity contribution in [1.82, 2.24) is 5.32 Å². The van der Waals surface area contributed by atoms with Crippen molar-refractivity contribution in [2.75, 3.05) is 13.7 Å². The first-order valence-corrected chi connectivity index (χ1v) is 7.41. The van der Waals surface area contributed by atoms with E-state index in [1.807, 2.05) is 30.5 Å². The van der Waals surface area contributed by atoms with Crippen molar-refractivity contribution in [3.8, 4) is 11.9 Å². The van der Waals surface area contributed by atoms with Gasteiger partial charge in [0, 0.05) is 12.1 Å². The number of nitrogens with one attached hydrogen (secondary N) is 1. The van der Waals surface area contributed by atoms with Crippen molar-refractivity contribution in [2.24, 2.45) is 16.3 Å². The van der Waals surface area contributed by atoms with Gasteiger partial charge in [-0.05, 0) is 48.4 Å². The molecule has 0 aromatic heterocycles. The van der Waals surface area contributed by atoms with E-state index in [0.29, 0.717) is 17.2 Å². The molecule has 1 atom stereocenters. The smallest absolute Gasteiger partial charge is 0.182 e. The Morgan fingerprint density at radius 2 is 2.14 bits per heavy atom. The summed E-state index contributed by atoms with van der Waals surface area (Å²) in [5.41, 5.74) is 1.26. The lowest BCUT2D eigenvalue weighted by atomic mass is 9.82. The summed E-state index contributed by atoms with van der Waals surface area (Å²) in [5.74, 6) is 2.03. The molecule has 4 nitrogen and oxygen atoms in total. The van der Waals surface area contributed by atoms with E-state index in [2.05, 4.69) is 24.2 Å². The van der Waals surface area contributed by atoms with E-state index >= 15 is 0 Å². The number of nitrogens with zero attached hydrogens (tertiary/aromatic N) is 2. The molecule has 1 aromatic carbocycles. The SMILES string of the molecule is COc1ccc(C(=NCC2CCCC2(C)C)NC#N)cc1. The van der Waals surface area contributed by atoms with Crippen LogP contribution in [-0.4, -0.2) is 19.5 Å². The molecule has 0 amide bonds. The Hall–Kier alpha value is -2.02. The van der Waals surface area contributed by atoms with Gasteiger partial charge in [-0.1, -0.05) is 20.3 Å². The van der Waals surface area contributed by atoms with Crippen LogP contribution in [0.2, 0.25) is 0 Å². The zero-order valence-electron chi connectivity index (χ0n) is 13.0. The van der Waals surface area contributed by atoms with Gasteiger partial charge in [-0.3, -0.25) is 10.3 Å². The molecule has 1 unspecified atom stereocenters. The lowest BCUT2D eigenvalue weighted by Crippen LogP contribution is -2.24. The highest BCUT2D eigenvalue weighted by Gasteiger charge is 2.34. The van der Waals surface area contributed by atoms with E-state index in [4.69, 9.17) is 10.00 Å². The highest BCUT2D eigenvalue weighted by atomic mass is 16.5. The average molecular weight is 285 g/mol. The van der Waals surface area contributed by atoms with Gasteiger partial charge < -0.3 is 4.74 Å². The minimum absolute atomic E-state index is 0.348. The van der Waals surface area contributed by atoms with Gasteiger partial charge in [0.05, 0.1) is 7.11 Å². The van der Waals surface area contributed by atoms with Crippen molar-refractivity contribution < 1.29 is 4.74 Å². The summed E-state index contributed by atoms with van der Waals surface area (Å²) < 4.78 is 5.15. The van der Waals surface area contributed by atoms with Gasteiger partial charge in [0.25, 0.3) is 0 Å². The molecule has 2 rings (SSSR count). The maximum Gasteiger partial charge on any atom is 0.182 e. The number of aliphatic imine (C=N–C) groups is 1. The fourth-order valence-corrected chi connectivity index (χ4v) is 2.94. The summed E-state index contributed by atoms with van der Waals surface area (Å²) in [4.78, 5) is 4.66. The summed E-state index contributed by atoms with van der Waals surface area (Å²) in [5, 5.41) is 11.6. The molecule has 1 fully saturated rings. The van der Waals surface area contributed by atoms with Gasteiger partial charge >= 0.3 is 0 Å². The number of hydrogen-bond donors (Lipinski definition) is 1. The van der Waals surface area contributed by atoms with Crippen LogP contribution in [-0.2, 0) is 0 Å². The van der Waals surface area contributed by atoms with Crippen molar-refractivity contribution in [3.63, 3.8) is 0 Å². The summed E-state index contributed by atoms with van der Waals surface area (Å²) in [7, 11) is 1.64. The maximum atomic E-state index is 8.93.